The number of rotatable bonds is 5. The number of ether oxygens (including phenoxy) is 1. The lowest BCUT2D eigenvalue weighted by Gasteiger charge is -2.28. The van der Waals surface area contributed by atoms with Gasteiger partial charge in [-0.1, -0.05) is 5.92 Å². The van der Waals surface area contributed by atoms with Crippen LogP contribution in [0.1, 0.15) is 17.3 Å². The number of aromatic amines is 1. The molecule has 0 radical (unpaired) electrons. The second-order valence-corrected chi connectivity index (χ2v) is 7.44. The van der Waals surface area contributed by atoms with Gasteiger partial charge >= 0.3 is 24.1 Å². The average molecular weight is 522 g/mol. The number of imidazole rings is 1. The number of fused-ring (bicyclic) bond motifs is 1. The lowest BCUT2D eigenvalue weighted by molar-refractivity contribution is -0.192. The lowest BCUT2D eigenvalue weighted by Crippen LogP contribution is -2.44. The van der Waals surface area contributed by atoms with Gasteiger partial charge in [-0.2, -0.15) is 23.1 Å². The van der Waals surface area contributed by atoms with E-state index in [1.54, 1.807) is 11.5 Å². The van der Waals surface area contributed by atoms with Crippen molar-refractivity contribution in [3.8, 4) is 23.6 Å². The number of hydrogen-bond acceptors (Lipinski definition) is 8. The molecular weight excluding hydrogens is 501 g/mol. The maximum atomic E-state index is 12.8. The summed E-state index contributed by atoms with van der Waals surface area (Å²) in [7, 11) is 0. The Kier molecular flexibility index (Phi) is 8.35. The molecule has 0 aliphatic carbocycles. The fourth-order valence-electron chi connectivity index (χ4n) is 3.25. The van der Waals surface area contributed by atoms with Crippen molar-refractivity contribution >= 4 is 29.1 Å². The molecule has 0 bridgehead atoms. The summed E-state index contributed by atoms with van der Waals surface area (Å²) in [6, 6.07) is 5.79. The molecular formula is C22H21F3N6O6. The smallest absolute Gasteiger partial charge is 0.478 e. The highest BCUT2D eigenvalue weighted by Crippen LogP contribution is 2.23. The second-order valence-electron chi connectivity index (χ2n) is 7.44. The van der Waals surface area contributed by atoms with Crippen LogP contribution in [-0.4, -0.2) is 74.0 Å². The fraction of sp³-hybridized carbons (Fsp3) is 0.318. The van der Waals surface area contributed by atoms with Crippen LogP contribution in [0.3, 0.4) is 0 Å². The van der Waals surface area contributed by atoms with Gasteiger partial charge in [-0.05, 0) is 31.2 Å². The molecule has 0 amide bonds. The van der Waals surface area contributed by atoms with Gasteiger partial charge in [0.25, 0.3) is 5.56 Å². The van der Waals surface area contributed by atoms with E-state index in [-0.39, 0.29) is 22.8 Å². The minimum absolute atomic E-state index is 0.0198. The maximum Gasteiger partial charge on any atom is 0.490 e. The molecule has 0 atom stereocenters. The molecule has 1 aliphatic heterocycles. The standard InChI is InChI=1S/C20H20N6O4.C2HF3O2/c1-2-3-10-26-15-16(23-20(26)25-11-8-21-9-12-25)22-19(24-17(15)27)30-14-6-4-13(5-7-14)18(28)29;3-2(4,5)1(6)7/h4-7,21H,8-12H2,1H3,(H,28,29)(H,22,24,27);(H,6,7). The molecule has 2 aromatic heterocycles. The number of hydrogen-bond donors (Lipinski definition) is 4. The van der Waals surface area contributed by atoms with Crippen LogP contribution in [0.2, 0.25) is 0 Å². The summed E-state index contributed by atoms with van der Waals surface area (Å²) in [6.45, 7) is 5.25. The van der Waals surface area contributed by atoms with Crippen LogP contribution < -0.4 is 20.5 Å². The zero-order valence-electron chi connectivity index (χ0n) is 19.3. The van der Waals surface area contributed by atoms with E-state index in [0.29, 0.717) is 23.8 Å². The number of nitrogens with zero attached hydrogens (tertiary/aromatic N) is 4. The molecule has 0 unspecified atom stereocenters. The number of carboxylic acids is 2. The molecule has 15 heteroatoms. The first kappa shape index (κ1) is 27.0. The van der Waals surface area contributed by atoms with E-state index in [9.17, 15) is 22.8 Å². The van der Waals surface area contributed by atoms with Crippen molar-refractivity contribution in [1.29, 1.82) is 0 Å². The van der Waals surface area contributed by atoms with Gasteiger partial charge in [0.05, 0.1) is 12.1 Å². The number of H-pyrrole nitrogens is 1. The quantitative estimate of drug-likeness (QED) is 0.363. The number of piperazine rings is 1. The number of carbonyl (C=O) groups is 2. The van der Waals surface area contributed by atoms with Crippen LogP contribution >= 0.6 is 0 Å². The molecule has 12 nitrogen and oxygen atoms in total. The van der Waals surface area contributed by atoms with Crippen molar-refractivity contribution in [3.63, 3.8) is 0 Å². The number of alkyl halides is 3. The van der Waals surface area contributed by atoms with Crippen LogP contribution in [0.5, 0.6) is 11.8 Å². The van der Waals surface area contributed by atoms with Crippen LogP contribution in [0, 0.1) is 11.8 Å². The first-order valence-corrected chi connectivity index (χ1v) is 10.7. The molecule has 37 heavy (non-hydrogen) atoms. The number of anilines is 1. The van der Waals surface area contributed by atoms with Crippen molar-refractivity contribution in [2.75, 3.05) is 31.1 Å². The Bertz CT molecular complexity index is 1400. The third-order valence-corrected chi connectivity index (χ3v) is 4.94. The zero-order valence-corrected chi connectivity index (χ0v) is 19.3. The van der Waals surface area contributed by atoms with Crippen LogP contribution in [0.4, 0.5) is 19.1 Å². The SMILES string of the molecule is CC#CCn1c(N2CCNCC2)nc2nc(Oc3ccc(C(=O)O)cc3)[nH]c(=O)c21.O=C(O)C(F)(F)F. The van der Waals surface area contributed by atoms with Gasteiger partial charge in [0, 0.05) is 26.2 Å². The fourth-order valence-corrected chi connectivity index (χ4v) is 3.25. The van der Waals surface area contributed by atoms with E-state index < -0.39 is 18.1 Å². The predicted octanol–water partition coefficient (Wildman–Crippen LogP) is 1.68. The van der Waals surface area contributed by atoms with Gasteiger partial charge in [-0.25, -0.2) is 9.59 Å². The van der Waals surface area contributed by atoms with E-state index in [0.717, 1.165) is 26.2 Å². The number of nitrogens with one attached hydrogen (secondary N) is 2. The normalized spacial score (nSPS) is 13.2. The lowest BCUT2D eigenvalue weighted by atomic mass is 10.2. The molecule has 4 N–H and O–H groups in total. The number of aromatic carboxylic acids is 1. The number of carboxylic acid groups (broad SMARTS) is 2. The van der Waals surface area contributed by atoms with Crippen molar-refractivity contribution in [2.45, 2.75) is 19.6 Å². The Morgan fingerprint density at radius 2 is 1.76 bits per heavy atom. The Hall–Kier alpha value is -4.58. The van der Waals surface area contributed by atoms with Crippen molar-refractivity contribution in [3.05, 3.63) is 40.2 Å². The minimum Gasteiger partial charge on any atom is -0.478 e. The number of benzene rings is 1. The number of halogens is 3. The van der Waals surface area contributed by atoms with Gasteiger partial charge in [-0.15, -0.1) is 5.92 Å². The van der Waals surface area contributed by atoms with Crippen molar-refractivity contribution in [1.82, 2.24) is 24.8 Å². The van der Waals surface area contributed by atoms with Gasteiger partial charge in [0.2, 0.25) is 5.95 Å². The summed E-state index contributed by atoms with van der Waals surface area (Å²) in [5.41, 5.74) is 0.349. The number of aliphatic carboxylic acids is 1. The molecule has 3 aromatic rings. The van der Waals surface area contributed by atoms with Crippen LogP contribution in [-0.2, 0) is 11.3 Å². The topological polar surface area (TPSA) is 163 Å². The summed E-state index contributed by atoms with van der Waals surface area (Å²) < 4.78 is 39.1. The largest absolute Gasteiger partial charge is 0.490 e. The first-order chi connectivity index (χ1) is 17.5. The number of aromatic nitrogens is 4. The monoisotopic (exact) mass is 522 g/mol. The predicted molar refractivity (Wildman–Crippen MR) is 124 cm³/mol. The molecule has 1 saturated heterocycles. The molecule has 0 saturated carbocycles. The van der Waals surface area contributed by atoms with Gasteiger partial charge in [0.1, 0.15) is 5.75 Å². The maximum absolute atomic E-state index is 12.8. The van der Waals surface area contributed by atoms with Gasteiger partial charge < -0.3 is 25.2 Å². The second kappa shape index (κ2) is 11.4. The Morgan fingerprint density at radius 3 is 2.30 bits per heavy atom. The molecule has 1 aromatic carbocycles. The van der Waals surface area contributed by atoms with Gasteiger partial charge in [-0.3, -0.25) is 14.3 Å². The summed E-state index contributed by atoms with van der Waals surface area (Å²) in [5.74, 6) is 3.05. The Balaban J connectivity index is 0.000000479. The summed E-state index contributed by atoms with van der Waals surface area (Å²) >= 11 is 0. The molecule has 0 spiro atoms. The van der Waals surface area contributed by atoms with Crippen LogP contribution in [0.15, 0.2) is 29.1 Å². The third kappa shape index (κ3) is 6.76. The highest BCUT2D eigenvalue weighted by atomic mass is 19.4. The van der Waals surface area contributed by atoms with Gasteiger partial charge in [0.15, 0.2) is 11.2 Å². The highest BCUT2D eigenvalue weighted by molar-refractivity contribution is 5.87. The average Bonchev–Trinajstić information content (AvgIpc) is 3.22. The van der Waals surface area contributed by atoms with Crippen molar-refractivity contribution in [2.24, 2.45) is 0 Å². The Morgan fingerprint density at radius 1 is 1.14 bits per heavy atom. The summed E-state index contributed by atoms with van der Waals surface area (Å²) in [4.78, 5) is 46.4. The molecule has 3 heterocycles. The minimum atomic E-state index is -5.08. The van der Waals surface area contributed by atoms with E-state index in [4.69, 9.17) is 19.7 Å². The molecule has 1 aliphatic rings. The summed E-state index contributed by atoms with van der Waals surface area (Å²) in [5, 5.41) is 19.4. The molecule has 196 valence electrons. The van der Waals surface area contributed by atoms with E-state index >= 15 is 0 Å². The van der Waals surface area contributed by atoms with E-state index in [2.05, 4.69) is 37.0 Å². The van der Waals surface area contributed by atoms with E-state index in [1.807, 2.05) is 0 Å². The Labute approximate surface area is 206 Å². The van der Waals surface area contributed by atoms with E-state index in [1.165, 1.54) is 24.3 Å². The summed E-state index contributed by atoms with van der Waals surface area (Å²) in [6.07, 6.45) is -5.08. The molecule has 1 fully saturated rings. The zero-order chi connectivity index (χ0) is 27.2. The van der Waals surface area contributed by atoms with Crippen LogP contribution in [0.25, 0.3) is 11.2 Å². The molecule has 4 rings (SSSR count). The highest BCUT2D eigenvalue weighted by Gasteiger charge is 2.38. The first-order valence-electron chi connectivity index (χ1n) is 10.7. The van der Waals surface area contributed by atoms with Crippen molar-refractivity contribution < 1.29 is 37.7 Å². The third-order valence-electron chi connectivity index (χ3n) is 4.94.